The molecule has 1 aliphatic rings. The number of nitrogens with two attached hydrogens (primary N) is 1. The molecule has 0 aromatic heterocycles. The van der Waals surface area contributed by atoms with Crippen LogP contribution in [0.5, 0.6) is 0 Å². The number of hydrogen-bond donors (Lipinski definition) is 1. The third kappa shape index (κ3) is 4.58. The molecule has 1 aliphatic heterocycles. The molecule has 1 heterocycles. The fraction of sp³-hybridized carbons (Fsp3) is 0.929. The van der Waals surface area contributed by atoms with Crippen LogP contribution < -0.4 is 5.73 Å². The van der Waals surface area contributed by atoms with Gasteiger partial charge in [-0.1, -0.05) is 13.8 Å². The highest BCUT2D eigenvalue weighted by Gasteiger charge is 2.28. The van der Waals surface area contributed by atoms with Gasteiger partial charge in [-0.2, -0.15) is 0 Å². The molecule has 0 aromatic carbocycles. The number of rotatable bonds is 6. The van der Waals surface area contributed by atoms with Crippen LogP contribution in [0.2, 0.25) is 0 Å². The Morgan fingerprint density at radius 1 is 1.39 bits per heavy atom. The Kier molecular flexibility index (Phi) is 5.60. The van der Waals surface area contributed by atoms with Crippen molar-refractivity contribution in [2.24, 2.45) is 11.1 Å². The average molecular weight is 255 g/mol. The zero-order valence-electron chi connectivity index (χ0n) is 12.4. The van der Waals surface area contributed by atoms with E-state index in [1.807, 2.05) is 4.90 Å². The Morgan fingerprint density at radius 2 is 2.06 bits per heavy atom. The summed E-state index contributed by atoms with van der Waals surface area (Å²) in [7, 11) is 4.17. The van der Waals surface area contributed by atoms with E-state index in [4.69, 9.17) is 5.73 Å². The van der Waals surface area contributed by atoms with Crippen LogP contribution in [0.1, 0.15) is 39.5 Å². The molecule has 0 saturated carbocycles. The van der Waals surface area contributed by atoms with Gasteiger partial charge in [0.2, 0.25) is 5.91 Å². The van der Waals surface area contributed by atoms with Crippen LogP contribution >= 0.6 is 0 Å². The third-order valence-corrected chi connectivity index (χ3v) is 4.08. The van der Waals surface area contributed by atoms with E-state index in [2.05, 4.69) is 32.8 Å². The van der Waals surface area contributed by atoms with Crippen molar-refractivity contribution in [3.8, 4) is 0 Å². The quantitative estimate of drug-likeness (QED) is 0.778. The van der Waals surface area contributed by atoms with E-state index in [1.165, 1.54) is 0 Å². The lowest BCUT2D eigenvalue weighted by molar-refractivity contribution is -0.130. The number of carbonyl (C=O) groups is 1. The number of nitrogens with zero attached hydrogens (tertiary/aromatic N) is 2. The molecule has 2 N–H and O–H groups in total. The van der Waals surface area contributed by atoms with Crippen LogP contribution in [0.15, 0.2) is 0 Å². The molecule has 0 bridgehead atoms. The second-order valence-electron chi connectivity index (χ2n) is 6.45. The fourth-order valence-corrected chi connectivity index (χ4v) is 2.51. The van der Waals surface area contributed by atoms with Crippen molar-refractivity contribution in [1.82, 2.24) is 9.80 Å². The first-order valence-electron chi connectivity index (χ1n) is 7.00. The highest BCUT2D eigenvalue weighted by Crippen LogP contribution is 2.27. The predicted octanol–water partition coefficient (Wildman–Crippen LogP) is 1.30. The zero-order valence-corrected chi connectivity index (χ0v) is 12.4. The predicted molar refractivity (Wildman–Crippen MR) is 75.4 cm³/mol. The monoisotopic (exact) mass is 255 g/mol. The number of amides is 1. The first kappa shape index (κ1) is 15.4. The van der Waals surface area contributed by atoms with Gasteiger partial charge in [0, 0.05) is 25.6 Å². The Bertz CT molecular complexity index is 276. The van der Waals surface area contributed by atoms with E-state index in [1.54, 1.807) is 0 Å². The number of likely N-dealkylation sites (tertiary alicyclic amines) is 1. The minimum atomic E-state index is 0.186. The fourth-order valence-electron chi connectivity index (χ4n) is 2.51. The maximum absolute atomic E-state index is 12.1. The highest BCUT2D eigenvalue weighted by molar-refractivity contribution is 5.76. The maximum atomic E-state index is 12.1. The van der Waals surface area contributed by atoms with E-state index in [9.17, 15) is 4.79 Å². The molecule has 18 heavy (non-hydrogen) atoms. The molecular weight excluding hydrogens is 226 g/mol. The lowest BCUT2D eigenvalue weighted by Crippen LogP contribution is -2.34. The zero-order chi connectivity index (χ0) is 13.8. The van der Waals surface area contributed by atoms with Crippen molar-refractivity contribution < 1.29 is 4.79 Å². The van der Waals surface area contributed by atoms with Gasteiger partial charge in [-0.05, 0) is 45.3 Å². The summed E-state index contributed by atoms with van der Waals surface area (Å²) in [5.41, 5.74) is 5.78. The molecule has 1 amide bonds. The van der Waals surface area contributed by atoms with E-state index < -0.39 is 0 Å². The summed E-state index contributed by atoms with van der Waals surface area (Å²) in [6.45, 7) is 6.90. The molecule has 1 fully saturated rings. The second kappa shape index (κ2) is 6.53. The molecule has 0 radical (unpaired) electrons. The summed E-state index contributed by atoms with van der Waals surface area (Å²) in [5.74, 6) is 0.310. The summed E-state index contributed by atoms with van der Waals surface area (Å²) in [5, 5.41) is 0. The molecule has 1 unspecified atom stereocenters. The van der Waals surface area contributed by atoms with E-state index in [0.717, 1.165) is 32.4 Å². The molecule has 1 atom stereocenters. The van der Waals surface area contributed by atoms with E-state index >= 15 is 0 Å². The van der Waals surface area contributed by atoms with Crippen LogP contribution in [-0.2, 0) is 4.79 Å². The molecule has 4 heteroatoms. The molecule has 0 aliphatic carbocycles. The van der Waals surface area contributed by atoms with Crippen LogP contribution in [0.3, 0.4) is 0 Å². The van der Waals surface area contributed by atoms with Gasteiger partial charge < -0.3 is 15.5 Å². The Balaban J connectivity index is 2.34. The second-order valence-corrected chi connectivity index (χ2v) is 6.45. The van der Waals surface area contributed by atoms with Gasteiger partial charge >= 0.3 is 0 Å². The highest BCUT2D eigenvalue weighted by atomic mass is 16.2. The smallest absolute Gasteiger partial charge is 0.222 e. The standard InChI is InChI=1S/C14H29N3O/c1-14(2,8-9-15)7-5-13(18)17-10-6-12(11-17)16(3)4/h12H,5-11,15H2,1-4H3. The van der Waals surface area contributed by atoms with Gasteiger partial charge in [0.1, 0.15) is 0 Å². The van der Waals surface area contributed by atoms with Crippen LogP contribution in [0, 0.1) is 5.41 Å². The van der Waals surface area contributed by atoms with Gasteiger partial charge in [-0.15, -0.1) is 0 Å². The third-order valence-electron chi connectivity index (χ3n) is 4.08. The van der Waals surface area contributed by atoms with Crippen molar-refractivity contribution >= 4 is 5.91 Å². The number of likely N-dealkylation sites (N-methyl/N-ethyl adjacent to an activating group) is 1. The van der Waals surface area contributed by atoms with E-state index in [-0.39, 0.29) is 5.41 Å². The number of hydrogen-bond acceptors (Lipinski definition) is 3. The summed E-state index contributed by atoms with van der Waals surface area (Å²) >= 11 is 0. The normalized spacial score (nSPS) is 20.8. The van der Waals surface area contributed by atoms with E-state index in [0.29, 0.717) is 24.9 Å². The average Bonchev–Trinajstić information content (AvgIpc) is 2.75. The SMILES string of the molecule is CN(C)C1CCN(C(=O)CCC(C)(C)CCN)C1. The first-order chi connectivity index (χ1) is 8.35. The van der Waals surface area contributed by atoms with Crippen molar-refractivity contribution in [2.75, 3.05) is 33.7 Å². The molecule has 0 aromatic rings. The summed E-state index contributed by atoms with van der Waals surface area (Å²) in [6, 6.07) is 0.533. The lowest BCUT2D eigenvalue weighted by atomic mass is 9.84. The molecule has 106 valence electrons. The van der Waals surface area contributed by atoms with Crippen molar-refractivity contribution in [2.45, 2.75) is 45.6 Å². The van der Waals surface area contributed by atoms with Gasteiger partial charge in [0.05, 0.1) is 0 Å². The Hall–Kier alpha value is -0.610. The number of carbonyl (C=O) groups excluding carboxylic acids is 1. The van der Waals surface area contributed by atoms with Gasteiger partial charge in [0.25, 0.3) is 0 Å². The Morgan fingerprint density at radius 3 is 2.56 bits per heavy atom. The van der Waals surface area contributed by atoms with Gasteiger partial charge in [-0.3, -0.25) is 4.79 Å². The molecule has 1 saturated heterocycles. The lowest BCUT2D eigenvalue weighted by Gasteiger charge is -2.25. The molecule has 1 rings (SSSR count). The van der Waals surface area contributed by atoms with Crippen molar-refractivity contribution in [1.29, 1.82) is 0 Å². The summed E-state index contributed by atoms with van der Waals surface area (Å²) < 4.78 is 0. The van der Waals surface area contributed by atoms with Crippen LogP contribution in [-0.4, -0.2) is 55.5 Å². The first-order valence-corrected chi connectivity index (χ1v) is 7.00. The van der Waals surface area contributed by atoms with Gasteiger partial charge in [0.15, 0.2) is 0 Å². The van der Waals surface area contributed by atoms with Crippen LogP contribution in [0.4, 0.5) is 0 Å². The molecule has 4 nitrogen and oxygen atoms in total. The summed E-state index contributed by atoms with van der Waals surface area (Å²) in [6.07, 6.45) is 3.69. The minimum Gasteiger partial charge on any atom is -0.341 e. The Labute approximate surface area is 111 Å². The van der Waals surface area contributed by atoms with Crippen LogP contribution in [0.25, 0.3) is 0 Å². The van der Waals surface area contributed by atoms with Gasteiger partial charge in [-0.25, -0.2) is 0 Å². The minimum absolute atomic E-state index is 0.186. The largest absolute Gasteiger partial charge is 0.341 e. The van der Waals surface area contributed by atoms with Crippen molar-refractivity contribution in [3.63, 3.8) is 0 Å². The molecular formula is C14H29N3O. The van der Waals surface area contributed by atoms with Crippen molar-refractivity contribution in [3.05, 3.63) is 0 Å². The maximum Gasteiger partial charge on any atom is 0.222 e. The topological polar surface area (TPSA) is 49.6 Å². The molecule has 0 spiro atoms. The summed E-state index contributed by atoms with van der Waals surface area (Å²) in [4.78, 5) is 16.4.